The molecule has 0 spiro atoms. The molecule has 0 aromatic heterocycles. The molecule has 0 saturated heterocycles. The Hall–Kier alpha value is -1.20. The van der Waals surface area contributed by atoms with Gasteiger partial charge in [-0.05, 0) is 37.3 Å². The molecule has 1 N–H and O–H groups in total. The fourth-order valence-corrected chi connectivity index (χ4v) is 4.00. The molecule has 1 aromatic carbocycles. The van der Waals surface area contributed by atoms with E-state index < -0.39 is 10.0 Å². The predicted octanol–water partition coefficient (Wildman–Crippen LogP) is 3.14. The third kappa shape index (κ3) is 4.14. The molecule has 0 amide bonds. The van der Waals surface area contributed by atoms with Gasteiger partial charge in [0.2, 0.25) is 10.0 Å². The molecule has 1 aliphatic rings. The van der Waals surface area contributed by atoms with E-state index in [0.717, 1.165) is 12.8 Å². The van der Waals surface area contributed by atoms with Gasteiger partial charge >= 0.3 is 0 Å². The predicted molar refractivity (Wildman–Crippen MR) is 82.8 cm³/mol. The molecule has 21 heavy (non-hydrogen) atoms. The van der Waals surface area contributed by atoms with E-state index >= 15 is 0 Å². The number of carbonyl (C=O) groups excluding carboxylic acids is 1. The summed E-state index contributed by atoms with van der Waals surface area (Å²) in [6.07, 6.45) is 5.73. The SMILES string of the molecule is CC(=O)c1ccc(S(=O)(=O)NCC2(C)CCCCC2)cc1. The van der Waals surface area contributed by atoms with Crippen LogP contribution in [0.25, 0.3) is 0 Å². The van der Waals surface area contributed by atoms with E-state index in [4.69, 9.17) is 0 Å². The molecule has 0 radical (unpaired) electrons. The van der Waals surface area contributed by atoms with Crippen molar-refractivity contribution in [1.29, 1.82) is 0 Å². The van der Waals surface area contributed by atoms with Crippen LogP contribution in [0.3, 0.4) is 0 Å². The second-order valence-electron chi connectivity index (χ2n) is 6.28. The Labute approximate surface area is 127 Å². The van der Waals surface area contributed by atoms with E-state index in [-0.39, 0.29) is 16.1 Å². The highest BCUT2D eigenvalue weighted by Gasteiger charge is 2.28. The van der Waals surface area contributed by atoms with Crippen LogP contribution in [-0.4, -0.2) is 20.7 Å². The fourth-order valence-electron chi connectivity index (χ4n) is 2.80. The Balaban J connectivity index is 2.05. The van der Waals surface area contributed by atoms with Crippen molar-refractivity contribution in [2.75, 3.05) is 6.54 Å². The van der Waals surface area contributed by atoms with Gasteiger partial charge in [0.1, 0.15) is 0 Å². The summed E-state index contributed by atoms with van der Waals surface area (Å²) >= 11 is 0. The standard InChI is InChI=1S/C16H23NO3S/c1-13(18)14-6-8-15(9-7-14)21(19,20)17-12-16(2)10-4-3-5-11-16/h6-9,17H,3-5,10-12H2,1-2H3. The first-order chi connectivity index (χ1) is 9.82. The van der Waals surface area contributed by atoms with E-state index in [0.29, 0.717) is 12.1 Å². The molecular formula is C16H23NO3S. The van der Waals surface area contributed by atoms with E-state index in [1.807, 2.05) is 0 Å². The van der Waals surface area contributed by atoms with Gasteiger partial charge in [-0.1, -0.05) is 38.3 Å². The number of ketones is 1. The number of nitrogens with one attached hydrogen (secondary N) is 1. The van der Waals surface area contributed by atoms with Gasteiger partial charge < -0.3 is 0 Å². The monoisotopic (exact) mass is 309 g/mol. The topological polar surface area (TPSA) is 63.2 Å². The fraction of sp³-hybridized carbons (Fsp3) is 0.562. The Bertz CT molecular complexity index is 599. The Kier molecular flexibility index (Phi) is 4.84. The molecule has 0 heterocycles. The van der Waals surface area contributed by atoms with Crippen molar-refractivity contribution < 1.29 is 13.2 Å². The van der Waals surface area contributed by atoms with Gasteiger partial charge in [-0.2, -0.15) is 0 Å². The summed E-state index contributed by atoms with van der Waals surface area (Å²) in [5.74, 6) is -0.0679. The average Bonchev–Trinajstić information content (AvgIpc) is 2.46. The summed E-state index contributed by atoms with van der Waals surface area (Å²) in [7, 11) is -3.50. The summed E-state index contributed by atoms with van der Waals surface area (Å²) in [5, 5.41) is 0. The van der Waals surface area contributed by atoms with Crippen LogP contribution < -0.4 is 4.72 Å². The zero-order chi connectivity index (χ0) is 15.5. The minimum absolute atomic E-state index is 0.0602. The maximum atomic E-state index is 12.3. The van der Waals surface area contributed by atoms with Crippen molar-refractivity contribution in [3.8, 4) is 0 Å². The van der Waals surface area contributed by atoms with Crippen molar-refractivity contribution in [1.82, 2.24) is 4.72 Å². The Morgan fingerprint density at radius 2 is 1.71 bits per heavy atom. The third-order valence-electron chi connectivity index (χ3n) is 4.32. The summed E-state index contributed by atoms with van der Waals surface area (Å²) in [5.41, 5.74) is 0.582. The lowest BCUT2D eigenvalue weighted by Crippen LogP contribution is -2.37. The molecule has 0 unspecified atom stereocenters. The maximum absolute atomic E-state index is 12.3. The van der Waals surface area contributed by atoms with Crippen molar-refractivity contribution >= 4 is 15.8 Å². The van der Waals surface area contributed by atoms with Gasteiger partial charge in [0.15, 0.2) is 5.78 Å². The van der Waals surface area contributed by atoms with E-state index in [1.165, 1.54) is 38.3 Å². The lowest BCUT2D eigenvalue weighted by Gasteiger charge is -2.33. The highest BCUT2D eigenvalue weighted by Crippen LogP contribution is 2.35. The molecule has 1 aliphatic carbocycles. The second kappa shape index (κ2) is 6.28. The van der Waals surface area contributed by atoms with Crippen LogP contribution in [0, 0.1) is 5.41 Å². The van der Waals surface area contributed by atoms with Gasteiger partial charge in [-0.15, -0.1) is 0 Å². The molecule has 5 heteroatoms. The van der Waals surface area contributed by atoms with Crippen LogP contribution in [0.5, 0.6) is 0 Å². The minimum atomic E-state index is -3.50. The Morgan fingerprint density at radius 1 is 1.14 bits per heavy atom. The van der Waals surface area contributed by atoms with Gasteiger partial charge in [0, 0.05) is 12.1 Å². The first kappa shape index (κ1) is 16.2. The maximum Gasteiger partial charge on any atom is 0.240 e. The normalized spacial score (nSPS) is 18.4. The van der Waals surface area contributed by atoms with Crippen molar-refractivity contribution in [2.45, 2.75) is 50.8 Å². The molecule has 2 rings (SSSR count). The number of carbonyl (C=O) groups is 1. The number of hydrogen-bond acceptors (Lipinski definition) is 3. The van der Waals surface area contributed by atoms with E-state index in [1.54, 1.807) is 12.1 Å². The molecule has 1 fully saturated rings. The second-order valence-corrected chi connectivity index (χ2v) is 8.04. The van der Waals surface area contributed by atoms with Gasteiger partial charge in [0.25, 0.3) is 0 Å². The van der Waals surface area contributed by atoms with Crippen molar-refractivity contribution in [3.05, 3.63) is 29.8 Å². The molecule has 1 aromatic rings. The summed E-state index contributed by atoms with van der Waals surface area (Å²) in [6.45, 7) is 4.09. The molecule has 0 bridgehead atoms. The van der Waals surface area contributed by atoms with E-state index in [9.17, 15) is 13.2 Å². The lowest BCUT2D eigenvalue weighted by molar-refractivity contribution is 0.101. The molecule has 4 nitrogen and oxygen atoms in total. The molecule has 1 saturated carbocycles. The van der Waals surface area contributed by atoms with Crippen LogP contribution in [0.15, 0.2) is 29.2 Å². The molecule has 116 valence electrons. The number of benzene rings is 1. The Morgan fingerprint density at radius 3 is 2.24 bits per heavy atom. The van der Waals surface area contributed by atoms with Crippen molar-refractivity contribution in [2.24, 2.45) is 5.41 Å². The summed E-state index contributed by atoms with van der Waals surface area (Å²) in [6, 6.07) is 6.09. The summed E-state index contributed by atoms with van der Waals surface area (Å²) in [4.78, 5) is 11.4. The smallest absolute Gasteiger partial charge is 0.240 e. The van der Waals surface area contributed by atoms with Crippen LogP contribution in [0.2, 0.25) is 0 Å². The average molecular weight is 309 g/mol. The van der Waals surface area contributed by atoms with Crippen LogP contribution in [0.1, 0.15) is 56.3 Å². The summed E-state index contributed by atoms with van der Waals surface area (Å²) < 4.78 is 27.3. The van der Waals surface area contributed by atoms with Gasteiger partial charge in [-0.25, -0.2) is 13.1 Å². The third-order valence-corrected chi connectivity index (χ3v) is 5.74. The molecule has 0 aliphatic heterocycles. The number of sulfonamides is 1. The highest BCUT2D eigenvalue weighted by atomic mass is 32.2. The van der Waals surface area contributed by atoms with Gasteiger partial charge in [-0.3, -0.25) is 4.79 Å². The zero-order valence-corrected chi connectivity index (χ0v) is 13.5. The molecular weight excluding hydrogens is 286 g/mol. The first-order valence-electron chi connectivity index (χ1n) is 7.43. The first-order valence-corrected chi connectivity index (χ1v) is 8.91. The van der Waals surface area contributed by atoms with E-state index in [2.05, 4.69) is 11.6 Å². The minimum Gasteiger partial charge on any atom is -0.295 e. The van der Waals surface area contributed by atoms with Crippen LogP contribution in [-0.2, 0) is 10.0 Å². The number of hydrogen-bond donors (Lipinski definition) is 1. The highest BCUT2D eigenvalue weighted by molar-refractivity contribution is 7.89. The quantitative estimate of drug-likeness (QED) is 0.850. The number of rotatable bonds is 5. The van der Waals surface area contributed by atoms with Crippen LogP contribution in [0.4, 0.5) is 0 Å². The molecule has 0 atom stereocenters. The van der Waals surface area contributed by atoms with Gasteiger partial charge in [0.05, 0.1) is 4.90 Å². The van der Waals surface area contributed by atoms with Crippen LogP contribution >= 0.6 is 0 Å². The number of Topliss-reactive ketones (excluding diaryl/α,β-unsaturated/α-hetero) is 1. The largest absolute Gasteiger partial charge is 0.295 e. The lowest BCUT2D eigenvalue weighted by atomic mass is 9.76. The zero-order valence-electron chi connectivity index (χ0n) is 12.7. The van der Waals surface area contributed by atoms with Crippen molar-refractivity contribution in [3.63, 3.8) is 0 Å².